The fourth-order valence-electron chi connectivity index (χ4n) is 5.12. The number of nitrogens with two attached hydrogens (primary N) is 1. The Labute approximate surface area is 195 Å². The minimum absolute atomic E-state index is 0.0342. The number of hydrogen-bond donors (Lipinski definition) is 2. The molecule has 2 fully saturated rings. The van der Waals surface area contributed by atoms with E-state index in [1.165, 1.54) is 0 Å². The molecule has 0 bridgehead atoms. The fourth-order valence-corrected chi connectivity index (χ4v) is 5.12. The lowest BCUT2D eigenvalue weighted by Gasteiger charge is -2.28. The van der Waals surface area contributed by atoms with Crippen LogP contribution >= 0.6 is 0 Å². The second kappa shape index (κ2) is 8.65. The molecule has 178 valence electrons. The quantitative estimate of drug-likeness (QED) is 0.574. The summed E-state index contributed by atoms with van der Waals surface area (Å²) in [6, 6.07) is 6.04. The monoisotopic (exact) mass is 466 g/mol. The number of anilines is 1. The lowest BCUT2D eigenvalue weighted by atomic mass is 10.0. The largest absolute Gasteiger partial charge is 0.382 e. The number of nitrogens with one attached hydrogen (secondary N) is 1. The predicted molar refractivity (Wildman–Crippen MR) is 119 cm³/mol. The highest BCUT2D eigenvalue weighted by molar-refractivity contribution is 6.24. The van der Waals surface area contributed by atoms with E-state index in [1.807, 2.05) is 12.3 Å². The van der Waals surface area contributed by atoms with Gasteiger partial charge in [0.1, 0.15) is 11.9 Å². The number of fused-ring (bicyclic) bond motifs is 1. The van der Waals surface area contributed by atoms with Crippen molar-refractivity contribution in [1.29, 1.82) is 0 Å². The smallest absolute Gasteiger partial charge is 0.262 e. The maximum atomic E-state index is 13.4. The van der Waals surface area contributed by atoms with Crippen molar-refractivity contribution in [1.82, 2.24) is 24.9 Å². The van der Waals surface area contributed by atoms with Gasteiger partial charge < -0.3 is 10.5 Å². The summed E-state index contributed by atoms with van der Waals surface area (Å²) in [4.78, 5) is 53.6. The van der Waals surface area contributed by atoms with Gasteiger partial charge in [0.25, 0.3) is 11.8 Å². The Kier molecular flexibility index (Phi) is 5.66. The molecule has 2 aromatic rings. The first-order valence-electron chi connectivity index (χ1n) is 11.2. The van der Waals surface area contributed by atoms with Crippen LogP contribution < -0.4 is 11.1 Å². The minimum atomic E-state index is -0.986. The maximum absolute atomic E-state index is 13.4. The highest BCUT2D eigenvalue weighted by Crippen LogP contribution is 2.32. The van der Waals surface area contributed by atoms with Crippen LogP contribution in [-0.4, -0.2) is 75.1 Å². The lowest BCUT2D eigenvalue weighted by molar-refractivity contribution is -0.136. The first-order chi connectivity index (χ1) is 16.4. The number of aromatic nitrogens is 2. The number of amides is 4. The summed E-state index contributed by atoms with van der Waals surface area (Å²) >= 11 is 0. The van der Waals surface area contributed by atoms with Crippen LogP contribution in [0.5, 0.6) is 0 Å². The number of benzene rings is 1. The van der Waals surface area contributed by atoms with Gasteiger partial charge >= 0.3 is 0 Å². The number of nitrogen functional groups attached to an aromatic ring is 1. The van der Waals surface area contributed by atoms with Crippen molar-refractivity contribution in [2.45, 2.75) is 50.5 Å². The highest BCUT2D eigenvalue weighted by Gasteiger charge is 2.46. The molecular formula is C23H26N6O5. The van der Waals surface area contributed by atoms with Crippen LogP contribution in [0.15, 0.2) is 30.5 Å². The Hall–Kier alpha value is -3.57. The molecule has 3 aliphatic rings. The molecule has 0 spiro atoms. The van der Waals surface area contributed by atoms with Crippen LogP contribution in [0.4, 0.5) is 5.82 Å². The summed E-state index contributed by atoms with van der Waals surface area (Å²) in [5.74, 6) is -1.56. The second-order valence-corrected chi connectivity index (χ2v) is 8.93. The first kappa shape index (κ1) is 22.2. The van der Waals surface area contributed by atoms with Crippen molar-refractivity contribution < 1.29 is 23.9 Å². The number of piperidine rings is 1. The molecule has 0 saturated carbocycles. The SMILES string of the molecule is CO[C@@H]1C[C@@H](Cn2ccc(N)n2)N(Cc2cccc3c2C(=O)N(C2CCC(=O)NC2=O)C3=O)C1. The highest BCUT2D eigenvalue weighted by atomic mass is 16.5. The third kappa shape index (κ3) is 3.86. The Balaban J connectivity index is 1.40. The van der Waals surface area contributed by atoms with E-state index in [1.54, 1.807) is 30.0 Å². The van der Waals surface area contributed by atoms with Crippen LogP contribution in [-0.2, 0) is 27.4 Å². The molecule has 4 amide bonds. The Morgan fingerprint density at radius 3 is 2.71 bits per heavy atom. The molecule has 0 radical (unpaired) electrons. The van der Waals surface area contributed by atoms with Crippen LogP contribution in [0, 0.1) is 0 Å². The van der Waals surface area contributed by atoms with Crippen LogP contribution in [0.2, 0.25) is 0 Å². The maximum Gasteiger partial charge on any atom is 0.262 e. The molecular weight excluding hydrogens is 440 g/mol. The zero-order chi connectivity index (χ0) is 24.0. The van der Waals surface area contributed by atoms with Crippen molar-refractivity contribution in [2.75, 3.05) is 19.4 Å². The number of imide groups is 2. The van der Waals surface area contributed by atoms with Crippen molar-refractivity contribution in [2.24, 2.45) is 0 Å². The first-order valence-corrected chi connectivity index (χ1v) is 11.2. The molecule has 1 unspecified atom stereocenters. The average Bonchev–Trinajstić information content (AvgIpc) is 3.46. The zero-order valence-electron chi connectivity index (χ0n) is 18.8. The molecule has 2 saturated heterocycles. The normalized spacial score (nSPS) is 25.2. The van der Waals surface area contributed by atoms with Crippen molar-refractivity contribution in [3.63, 3.8) is 0 Å². The second-order valence-electron chi connectivity index (χ2n) is 8.93. The molecule has 34 heavy (non-hydrogen) atoms. The standard InChI is InChI=1S/C23H26N6O5/c1-34-15-9-14(11-28-8-7-18(24)26-28)27(12-15)10-13-3-2-4-16-20(13)23(33)29(22(16)32)17-5-6-19(30)25-21(17)31/h2-4,7-8,14-15,17H,5-6,9-12H2,1H3,(H2,24,26)(H,25,30,31)/t14-,15+,17?/m0/s1. The number of nitrogens with zero attached hydrogens (tertiary/aromatic N) is 4. The van der Waals surface area contributed by atoms with Gasteiger partial charge in [0.15, 0.2) is 0 Å². The Morgan fingerprint density at radius 1 is 1.18 bits per heavy atom. The van der Waals surface area contributed by atoms with Crippen molar-refractivity contribution >= 4 is 29.4 Å². The number of hydrogen-bond acceptors (Lipinski definition) is 8. The van der Waals surface area contributed by atoms with E-state index in [-0.39, 0.29) is 30.6 Å². The van der Waals surface area contributed by atoms with Gasteiger partial charge in [-0.1, -0.05) is 12.1 Å². The summed E-state index contributed by atoms with van der Waals surface area (Å²) in [7, 11) is 1.68. The number of methoxy groups -OCH3 is 1. The molecule has 3 atom stereocenters. The van der Waals surface area contributed by atoms with Gasteiger partial charge in [0, 0.05) is 38.9 Å². The fraction of sp³-hybridized carbons (Fsp3) is 0.435. The average molecular weight is 466 g/mol. The van der Waals surface area contributed by atoms with Gasteiger partial charge in [-0.3, -0.25) is 39.0 Å². The van der Waals surface area contributed by atoms with Gasteiger partial charge in [-0.15, -0.1) is 0 Å². The van der Waals surface area contributed by atoms with E-state index in [2.05, 4.69) is 15.3 Å². The molecule has 1 aromatic heterocycles. The van der Waals surface area contributed by atoms with E-state index >= 15 is 0 Å². The Bertz CT molecular complexity index is 1180. The van der Waals surface area contributed by atoms with Crippen LogP contribution in [0.3, 0.4) is 0 Å². The number of rotatable bonds is 6. The molecule has 5 rings (SSSR count). The van der Waals surface area contributed by atoms with E-state index in [0.29, 0.717) is 36.6 Å². The van der Waals surface area contributed by atoms with E-state index < -0.39 is 29.7 Å². The zero-order valence-corrected chi connectivity index (χ0v) is 18.8. The van der Waals surface area contributed by atoms with Crippen LogP contribution in [0.25, 0.3) is 0 Å². The summed E-state index contributed by atoms with van der Waals surface area (Å²) in [5, 5.41) is 6.51. The lowest BCUT2D eigenvalue weighted by Crippen LogP contribution is -2.54. The molecule has 11 heteroatoms. The van der Waals surface area contributed by atoms with Crippen LogP contribution in [0.1, 0.15) is 45.5 Å². The number of likely N-dealkylation sites (tertiary alicyclic amines) is 1. The molecule has 1 aromatic carbocycles. The minimum Gasteiger partial charge on any atom is -0.382 e. The predicted octanol–water partition coefficient (Wildman–Crippen LogP) is 0.156. The van der Waals surface area contributed by atoms with Gasteiger partial charge in [-0.25, -0.2) is 0 Å². The summed E-state index contributed by atoms with van der Waals surface area (Å²) in [6.45, 7) is 1.72. The van der Waals surface area contributed by atoms with E-state index in [4.69, 9.17) is 10.5 Å². The number of carbonyl (C=O) groups excluding carboxylic acids is 4. The van der Waals surface area contributed by atoms with Gasteiger partial charge in [-0.05, 0) is 30.5 Å². The number of carbonyl (C=O) groups is 4. The molecule has 0 aliphatic carbocycles. The van der Waals surface area contributed by atoms with E-state index in [0.717, 1.165) is 11.3 Å². The van der Waals surface area contributed by atoms with Crippen molar-refractivity contribution in [3.05, 3.63) is 47.2 Å². The summed E-state index contributed by atoms with van der Waals surface area (Å²) in [6.07, 6.45) is 2.87. The third-order valence-corrected chi connectivity index (χ3v) is 6.81. The van der Waals surface area contributed by atoms with Gasteiger partial charge in [-0.2, -0.15) is 5.10 Å². The third-order valence-electron chi connectivity index (χ3n) is 6.81. The molecule has 11 nitrogen and oxygen atoms in total. The van der Waals surface area contributed by atoms with Gasteiger partial charge in [0.05, 0.1) is 23.8 Å². The molecule has 3 aliphatic heterocycles. The number of ether oxygens (including phenoxy) is 1. The topological polar surface area (TPSA) is 140 Å². The Morgan fingerprint density at radius 2 is 2.00 bits per heavy atom. The molecule has 3 N–H and O–H groups in total. The van der Waals surface area contributed by atoms with Crippen molar-refractivity contribution in [3.8, 4) is 0 Å². The molecule has 4 heterocycles. The summed E-state index contributed by atoms with van der Waals surface area (Å²) < 4.78 is 7.39. The summed E-state index contributed by atoms with van der Waals surface area (Å²) in [5.41, 5.74) is 7.07. The van der Waals surface area contributed by atoms with E-state index in [9.17, 15) is 19.2 Å². The van der Waals surface area contributed by atoms with Gasteiger partial charge in [0.2, 0.25) is 11.8 Å².